The Morgan fingerprint density at radius 3 is 2.16 bits per heavy atom. The molecule has 3 aromatic rings. The van der Waals surface area contributed by atoms with Crippen molar-refractivity contribution in [3.63, 3.8) is 0 Å². The second-order valence-electron chi connectivity index (χ2n) is 3.93. The minimum Gasteiger partial charge on any atom is -0.416 e. The smallest absolute Gasteiger partial charge is 0.248 e. The molecule has 1 aromatic heterocycles. The first kappa shape index (κ1) is 12.6. The fourth-order valence-corrected chi connectivity index (χ4v) is 2.43. The summed E-state index contributed by atoms with van der Waals surface area (Å²) in [4.78, 5) is 0. The van der Waals surface area contributed by atoms with E-state index in [4.69, 9.17) is 16.0 Å². The molecule has 0 unspecified atom stereocenters. The van der Waals surface area contributed by atoms with Crippen molar-refractivity contribution < 1.29 is 4.42 Å². The molecular weight excluding hydrogens is 375 g/mol. The molecule has 0 bridgehead atoms. The molecule has 0 atom stereocenters. The zero-order valence-electron chi connectivity index (χ0n) is 9.68. The molecule has 0 fully saturated rings. The van der Waals surface area contributed by atoms with Crippen LogP contribution in [0.2, 0.25) is 5.02 Å². The lowest BCUT2D eigenvalue weighted by Crippen LogP contribution is -1.78. The van der Waals surface area contributed by atoms with Gasteiger partial charge in [-0.15, -0.1) is 10.2 Å². The van der Waals surface area contributed by atoms with Crippen LogP contribution in [0, 0.1) is 3.57 Å². The van der Waals surface area contributed by atoms with Gasteiger partial charge in [0.2, 0.25) is 11.8 Å². The van der Waals surface area contributed by atoms with Crippen LogP contribution in [0.4, 0.5) is 0 Å². The van der Waals surface area contributed by atoms with Crippen molar-refractivity contribution >= 4 is 34.2 Å². The summed E-state index contributed by atoms with van der Waals surface area (Å²) in [5, 5.41) is 8.77. The van der Waals surface area contributed by atoms with Crippen LogP contribution in [0.1, 0.15) is 0 Å². The molecule has 0 spiro atoms. The molecule has 0 saturated carbocycles. The van der Waals surface area contributed by atoms with Crippen LogP contribution < -0.4 is 0 Å². The van der Waals surface area contributed by atoms with E-state index in [1.54, 1.807) is 6.07 Å². The van der Waals surface area contributed by atoms with E-state index in [0.717, 1.165) is 14.7 Å². The summed E-state index contributed by atoms with van der Waals surface area (Å²) in [7, 11) is 0. The number of nitrogens with zero attached hydrogens (tertiary/aromatic N) is 2. The lowest BCUT2D eigenvalue weighted by molar-refractivity contribution is 0.584. The summed E-state index contributed by atoms with van der Waals surface area (Å²) in [6.07, 6.45) is 0. The Morgan fingerprint density at radius 1 is 0.895 bits per heavy atom. The van der Waals surface area contributed by atoms with Crippen LogP contribution in [0.15, 0.2) is 52.9 Å². The van der Waals surface area contributed by atoms with Crippen LogP contribution in [-0.4, -0.2) is 10.2 Å². The number of rotatable bonds is 2. The normalized spacial score (nSPS) is 10.6. The van der Waals surface area contributed by atoms with Crippen molar-refractivity contribution in [1.29, 1.82) is 0 Å². The molecule has 2 aromatic carbocycles. The van der Waals surface area contributed by atoms with Gasteiger partial charge in [-0.1, -0.05) is 23.7 Å². The average Bonchev–Trinajstić information content (AvgIpc) is 2.88. The molecule has 94 valence electrons. The van der Waals surface area contributed by atoms with E-state index in [1.807, 2.05) is 42.5 Å². The highest BCUT2D eigenvalue weighted by atomic mass is 127. The fourth-order valence-electron chi connectivity index (χ4n) is 1.70. The third-order valence-corrected chi connectivity index (χ3v) is 3.47. The van der Waals surface area contributed by atoms with Crippen LogP contribution in [0.5, 0.6) is 0 Å². The van der Waals surface area contributed by atoms with Crippen LogP contribution >= 0.6 is 34.2 Å². The highest BCUT2D eigenvalue weighted by molar-refractivity contribution is 14.1. The summed E-state index contributed by atoms with van der Waals surface area (Å²) in [5.41, 5.74) is 1.73. The van der Waals surface area contributed by atoms with Crippen LogP contribution in [0.25, 0.3) is 22.9 Å². The largest absolute Gasteiger partial charge is 0.416 e. The van der Waals surface area contributed by atoms with Crippen LogP contribution in [-0.2, 0) is 0 Å². The van der Waals surface area contributed by atoms with Crippen molar-refractivity contribution in [2.24, 2.45) is 0 Å². The zero-order chi connectivity index (χ0) is 13.2. The van der Waals surface area contributed by atoms with Gasteiger partial charge in [-0.25, -0.2) is 0 Å². The van der Waals surface area contributed by atoms with Crippen molar-refractivity contribution in [2.45, 2.75) is 0 Å². The third-order valence-electron chi connectivity index (χ3n) is 2.57. The highest BCUT2D eigenvalue weighted by Crippen LogP contribution is 2.26. The van der Waals surface area contributed by atoms with Crippen molar-refractivity contribution in [2.75, 3.05) is 0 Å². The standard InChI is InChI=1S/C14H8ClIN2O/c15-11-5-1-3-9(7-11)13-17-18-14(19-13)10-4-2-6-12(16)8-10/h1-8H. The SMILES string of the molecule is Clc1cccc(-c2nnc(-c3cccc(I)c3)o2)c1. The molecule has 0 amide bonds. The third kappa shape index (κ3) is 2.79. The number of aromatic nitrogens is 2. The first-order valence-electron chi connectivity index (χ1n) is 5.58. The van der Waals surface area contributed by atoms with Crippen LogP contribution in [0.3, 0.4) is 0 Å². The topological polar surface area (TPSA) is 38.9 Å². The lowest BCUT2D eigenvalue weighted by atomic mass is 10.2. The Morgan fingerprint density at radius 2 is 1.53 bits per heavy atom. The van der Waals surface area contributed by atoms with E-state index in [9.17, 15) is 0 Å². The Balaban J connectivity index is 2.00. The predicted molar refractivity (Wildman–Crippen MR) is 82.9 cm³/mol. The molecule has 0 radical (unpaired) electrons. The second kappa shape index (κ2) is 5.30. The van der Waals surface area contributed by atoms with E-state index < -0.39 is 0 Å². The molecule has 0 aliphatic carbocycles. The molecule has 5 heteroatoms. The number of benzene rings is 2. The molecule has 0 saturated heterocycles. The van der Waals surface area contributed by atoms with Crippen molar-refractivity contribution in [3.05, 3.63) is 57.1 Å². The lowest BCUT2D eigenvalue weighted by Gasteiger charge is -1.96. The Kier molecular flexibility index (Phi) is 3.52. The second-order valence-corrected chi connectivity index (χ2v) is 5.62. The molecule has 3 rings (SSSR count). The summed E-state index contributed by atoms with van der Waals surface area (Å²) < 4.78 is 6.80. The minimum absolute atomic E-state index is 0.469. The van der Waals surface area contributed by atoms with Gasteiger partial charge in [0.05, 0.1) is 0 Å². The van der Waals surface area contributed by atoms with E-state index in [0.29, 0.717) is 16.8 Å². The van der Waals surface area contributed by atoms with Gasteiger partial charge in [0.15, 0.2) is 0 Å². The van der Waals surface area contributed by atoms with E-state index in [2.05, 4.69) is 32.8 Å². The maximum Gasteiger partial charge on any atom is 0.248 e. The molecule has 0 N–H and O–H groups in total. The Labute approximate surface area is 128 Å². The Bertz CT molecular complexity index is 667. The summed E-state index contributed by atoms with van der Waals surface area (Å²) in [6.45, 7) is 0. The molecule has 0 aliphatic rings. The Hall–Kier alpha value is -1.40. The summed E-state index contributed by atoms with van der Waals surface area (Å²) in [5.74, 6) is 0.977. The summed E-state index contributed by atoms with van der Waals surface area (Å²) >= 11 is 8.20. The zero-order valence-corrected chi connectivity index (χ0v) is 12.6. The average molecular weight is 383 g/mol. The van der Waals surface area contributed by atoms with Gasteiger partial charge in [-0.2, -0.15) is 0 Å². The number of hydrogen-bond acceptors (Lipinski definition) is 3. The van der Waals surface area contributed by atoms with Gasteiger partial charge in [0, 0.05) is 19.7 Å². The maximum atomic E-state index is 5.95. The van der Waals surface area contributed by atoms with Gasteiger partial charge in [0.1, 0.15) is 0 Å². The maximum absolute atomic E-state index is 5.95. The molecule has 19 heavy (non-hydrogen) atoms. The van der Waals surface area contributed by atoms with Gasteiger partial charge < -0.3 is 4.42 Å². The quantitative estimate of drug-likeness (QED) is 0.605. The first-order valence-corrected chi connectivity index (χ1v) is 7.03. The van der Waals surface area contributed by atoms with Crippen molar-refractivity contribution in [3.8, 4) is 22.9 Å². The first-order chi connectivity index (χ1) is 9.22. The fraction of sp³-hybridized carbons (Fsp3) is 0. The van der Waals surface area contributed by atoms with Gasteiger partial charge in [-0.3, -0.25) is 0 Å². The molecule has 0 aliphatic heterocycles. The van der Waals surface area contributed by atoms with E-state index in [-0.39, 0.29) is 0 Å². The molecule has 3 nitrogen and oxygen atoms in total. The molecular formula is C14H8ClIN2O. The number of halogens is 2. The van der Waals surface area contributed by atoms with Gasteiger partial charge in [-0.05, 0) is 59.0 Å². The van der Waals surface area contributed by atoms with Gasteiger partial charge in [0.25, 0.3) is 0 Å². The minimum atomic E-state index is 0.469. The van der Waals surface area contributed by atoms with E-state index in [1.165, 1.54) is 0 Å². The highest BCUT2D eigenvalue weighted by Gasteiger charge is 2.10. The number of hydrogen-bond donors (Lipinski definition) is 0. The summed E-state index contributed by atoms with van der Waals surface area (Å²) in [6, 6.07) is 15.3. The van der Waals surface area contributed by atoms with E-state index >= 15 is 0 Å². The van der Waals surface area contributed by atoms with Crippen molar-refractivity contribution in [1.82, 2.24) is 10.2 Å². The molecule has 1 heterocycles. The monoisotopic (exact) mass is 382 g/mol. The predicted octanol–water partition coefficient (Wildman–Crippen LogP) is 4.66. The van der Waals surface area contributed by atoms with Gasteiger partial charge >= 0.3 is 0 Å².